The monoisotopic (exact) mass is 278 g/mol. The molecular weight excluding hydrogens is 263 g/mol. The number of benzene rings is 2. The van der Waals surface area contributed by atoms with E-state index in [4.69, 9.17) is 16.3 Å². The smallest absolute Gasteiger partial charge is 0.126 e. The number of rotatable bonds is 4. The van der Waals surface area contributed by atoms with Crippen molar-refractivity contribution >= 4 is 11.6 Å². The Labute approximate surface area is 118 Å². The zero-order valence-corrected chi connectivity index (χ0v) is 11.7. The zero-order valence-electron chi connectivity index (χ0n) is 11.0. The molecule has 0 aliphatic carbocycles. The minimum absolute atomic E-state index is 0.175. The highest BCUT2D eigenvalue weighted by Gasteiger charge is 2.11. The Morgan fingerprint density at radius 2 is 2.00 bits per heavy atom. The Balaban J connectivity index is 2.15. The van der Waals surface area contributed by atoms with Gasteiger partial charge in [0.05, 0.1) is 12.5 Å². The lowest BCUT2D eigenvalue weighted by molar-refractivity contribution is 0.414. The highest BCUT2D eigenvalue weighted by molar-refractivity contribution is 6.20. The average Bonchev–Trinajstić information content (AvgIpc) is 2.42. The van der Waals surface area contributed by atoms with Crippen LogP contribution in [0.3, 0.4) is 0 Å². The molecule has 0 amide bonds. The van der Waals surface area contributed by atoms with Crippen LogP contribution in [-0.4, -0.2) is 7.11 Å². The van der Waals surface area contributed by atoms with Crippen molar-refractivity contribution in [3.8, 4) is 5.75 Å². The number of halogens is 2. The predicted octanol–water partition coefficient (Wildman–Crippen LogP) is 4.67. The van der Waals surface area contributed by atoms with Crippen LogP contribution >= 0.6 is 11.6 Å². The molecule has 100 valence electrons. The molecule has 1 nitrogen and oxygen atoms in total. The number of ether oxygens (including phenoxy) is 1. The van der Waals surface area contributed by atoms with E-state index in [1.165, 1.54) is 6.07 Å². The lowest BCUT2D eigenvalue weighted by atomic mass is 10.0. The second-order valence-corrected chi connectivity index (χ2v) is 5.06. The third-order valence-electron chi connectivity index (χ3n) is 3.09. The summed E-state index contributed by atoms with van der Waals surface area (Å²) in [5, 5.41) is -0.175. The number of methoxy groups -OCH3 is 1. The first kappa shape index (κ1) is 13.9. The molecule has 0 N–H and O–H groups in total. The molecule has 0 fully saturated rings. The molecule has 1 atom stereocenters. The van der Waals surface area contributed by atoms with Crippen LogP contribution in [-0.2, 0) is 6.42 Å². The van der Waals surface area contributed by atoms with Gasteiger partial charge in [0.25, 0.3) is 0 Å². The third kappa shape index (κ3) is 3.48. The van der Waals surface area contributed by atoms with Gasteiger partial charge in [-0.15, -0.1) is 11.6 Å². The molecule has 0 aliphatic heterocycles. The van der Waals surface area contributed by atoms with Crippen LogP contribution < -0.4 is 4.74 Å². The maximum Gasteiger partial charge on any atom is 0.126 e. The first-order valence-corrected chi connectivity index (χ1v) is 6.57. The first-order valence-electron chi connectivity index (χ1n) is 6.13. The lowest BCUT2D eigenvalue weighted by Crippen LogP contribution is -1.98. The van der Waals surface area contributed by atoms with Gasteiger partial charge in [0.2, 0.25) is 0 Å². The zero-order chi connectivity index (χ0) is 13.8. The highest BCUT2D eigenvalue weighted by atomic mass is 35.5. The number of alkyl halides is 1. The van der Waals surface area contributed by atoms with Gasteiger partial charge in [-0.1, -0.05) is 24.3 Å². The van der Waals surface area contributed by atoms with E-state index in [9.17, 15) is 4.39 Å². The van der Waals surface area contributed by atoms with E-state index in [1.54, 1.807) is 26.2 Å². The van der Waals surface area contributed by atoms with Gasteiger partial charge in [-0.3, -0.25) is 0 Å². The largest absolute Gasteiger partial charge is 0.497 e. The summed E-state index contributed by atoms with van der Waals surface area (Å²) in [5.74, 6) is 0.616. The van der Waals surface area contributed by atoms with E-state index in [0.717, 1.165) is 16.9 Å². The van der Waals surface area contributed by atoms with E-state index in [0.29, 0.717) is 12.0 Å². The summed E-state index contributed by atoms with van der Waals surface area (Å²) < 4.78 is 18.4. The molecule has 0 saturated carbocycles. The van der Waals surface area contributed by atoms with Crippen molar-refractivity contribution in [2.75, 3.05) is 7.11 Å². The van der Waals surface area contributed by atoms with Gasteiger partial charge in [0.1, 0.15) is 11.6 Å². The minimum Gasteiger partial charge on any atom is -0.497 e. The number of hydrogen-bond acceptors (Lipinski definition) is 1. The van der Waals surface area contributed by atoms with Crippen molar-refractivity contribution in [3.05, 3.63) is 65.0 Å². The van der Waals surface area contributed by atoms with Gasteiger partial charge in [-0.2, -0.15) is 0 Å². The predicted molar refractivity (Wildman–Crippen MR) is 76.4 cm³/mol. The molecule has 2 rings (SSSR count). The van der Waals surface area contributed by atoms with Gasteiger partial charge in [-0.05, 0) is 48.2 Å². The van der Waals surface area contributed by atoms with Crippen LogP contribution in [0, 0.1) is 12.7 Å². The van der Waals surface area contributed by atoms with Crippen molar-refractivity contribution in [1.82, 2.24) is 0 Å². The maximum absolute atomic E-state index is 13.2. The Morgan fingerprint density at radius 1 is 1.21 bits per heavy atom. The SMILES string of the molecule is COc1cccc(CC(Cl)c2ccc(F)c(C)c2)c1. The summed E-state index contributed by atoms with van der Waals surface area (Å²) in [6.45, 7) is 1.74. The molecule has 0 heterocycles. The molecular formula is C16H16ClFO. The number of hydrogen-bond donors (Lipinski definition) is 0. The fourth-order valence-electron chi connectivity index (χ4n) is 1.99. The van der Waals surface area contributed by atoms with Crippen LogP contribution in [0.1, 0.15) is 22.1 Å². The second kappa shape index (κ2) is 6.07. The summed E-state index contributed by atoms with van der Waals surface area (Å²) in [5.41, 5.74) is 2.65. The molecule has 0 aromatic heterocycles. The fourth-order valence-corrected chi connectivity index (χ4v) is 2.30. The topological polar surface area (TPSA) is 9.23 Å². The normalized spacial score (nSPS) is 12.2. The van der Waals surface area contributed by atoms with Gasteiger partial charge in [0.15, 0.2) is 0 Å². The fraction of sp³-hybridized carbons (Fsp3) is 0.250. The average molecular weight is 279 g/mol. The molecule has 0 bridgehead atoms. The molecule has 1 unspecified atom stereocenters. The van der Waals surface area contributed by atoms with Crippen molar-refractivity contribution in [1.29, 1.82) is 0 Å². The summed E-state index contributed by atoms with van der Waals surface area (Å²) in [6, 6.07) is 12.8. The Kier molecular flexibility index (Phi) is 4.43. The first-order chi connectivity index (χ1) is 9.10. The standard InChI is InChI=1S/C16H16ClFO/c1-11-8-13(6-7-16(11)18)15(17)10-12-4-3-5-14(9-12)19-2/h3-9,15H,10H2,1-2H3. The molecule has 2 aromatic rings. The maximum atomic E-state index is 13.2. The van der Waals surface area contributed by atoms with Crippen molar-refractivity contribution in [2.45, 2.75) is 18.7 Å². The summed E-state index contributed by atoms with van der Waals surface area (Å²) in [6.07, 6.45) is 0.684. The van der Waals surface area contributed by atoms with E-state index in [2.05, 4.69) is 0 Å². The Bertz CT molecular complexity index is 568. The molecule has 0 saturated heterocycles. The van der Waals surface area contributed by atoms with Gasteiger partial charge in [0, 0.05) is 0 Å². The summed E-state index contributed by atoms with van der Waals surface area (Å²) >= 11 is 6.40. The number of aryl methyl sites for hydroxylation is 1. The van der Waals surface area contributed by atoms with E-state index in [-0.39, 0.29) is 11.2 Å². The van der Waals surface area contributed by atoms with Crippen molar-refractivity contribution < 1.29 is 9.13 Å². The van der Waals surface area contributed by atoms with Gasteiger partial charge >= 0.3 is 0 Å². The molecule has 2 aromatic carbocycles. The third-order valence-corrected chi connectivity index (χ3v) is 3.50. The van der Waals surface area contributed by atoms with Crippen molar-refractivity contribution in [2.24, 2.45) is 0 Å². The van der Waals surface area contributed by atoms with Crippen LogP contribution in [0.5, 0.6) is 5.75 Å². The molecule has 0 aliphatic rings. The molecule has 0 radical (unpaired) electrons. The Morgan fingerprint density at radius 3 is 2.68 bits per heavy atom. The summed E-state index contributed by atoms with van der Waals surface area (Å²) in [4.78, 5) is 0. The van der Waals surface area contributed by atoms with Crippen LogP contribution in [0.15, 0.2) is 42.5 Å². The molecule has 19 heavy (non-hydrogen) atoms. The van der Waals surface area contributed by atoms with Gasteiger partial charge < -0.3 is 4.74 Å². The highest BCUT2D eigenvalue weighted by Crippen LogP contribution is 2.27. The van der Waals surface area contributed by atoms with Crippen LogP contribution in [0.25, 0.3) is 0 Å². The molecule has 0 spiro atoms. The van der Waals surface area contributed by atoms with Crippen LogP contribution in [0.2, 0.25) is 0 Å². The minimum atomic E-state index is -0.200. The van der Waals surface area contributed by atoms with Crippen molar-refractivity contribution in [3.63, 3.8) is 0 Å². The Hall–Kier alpha value is -1.54. The quantitative estimate of drug-likeness (QED) is 0.739. The molecule has 3 heteroatoms. The lowest BCUT2D eigenvalue weighted by Gasteiger charge is -2.12. The second-order valence-electron chi connectivity index (χ2n) is 4.53. The van der Waals surface area contributed by atoms with E-state index in [1.807, 2.05) is 24.3 Å². The van der Waals surface area contributed by atoms with Crippen LogP contribution in [0.4, 0.5) is 4.39 Å². The van der Waals surface area contributed by atoms with E-state index < -0.39 is 0 Å². The van der Waals surface area contributed by atoms with E-state index >= 15 is 0 Å². The summed E-state index contributed by atoms with van der Waals surface area (Å²) in [7, 11) is 1.64. The van der Waals surface area contributed by atoms with Gasteiger partial charge in [-0.25, -0.2) is 4.39 Å².